The van der Waals surface area contributed by atoms with Crippen LogP contribution in [0.3, 0.4) is 0 Å². The number of hydrogen-bond donors (Lipinski definition) is 2. The van der Waals surface area contributed by atoms with E-state index in [2.05, 4.69) is 10.6 Å². The number of carbonyl (C=O) groups is 1. The third kappa shape index (κ3) is 4.51. The van der Waals surface area contributed by atoms with Gasteiger partial charge in [-0.1, -0.05) is 0 Å². The molecule has 1 rings (SSSR count). The molecule has 1 aliphatic heterocycles. The average Bonchev–Trinajstić information content (AvgIpc) is 2.50. The highest BCUT2D eigenvalue weighted by Crippen LogP contribution is 2.13. The summed E-state index contributed by atoms with van der Waals surface area (Å²) in [6.45, 7) is 9.67. The Hall–Kier alpha value is -0.770. The number of nitrogens with one attached hydrogen (secondary N) is 2. The molecule has 0 spiro atoms. The molecule has 1 amide bonds. The first-order valence-corrected chi connectivity index (χ1v) is 5.59. The zero-order chi connectivity index (χ0) is 11.5. The van der Waals surface area contributed by atoms with Crippen molar-refractivity contribution < 1.29 is 9.53 Å². The molecule has 0 bridgehead atoms. The molecule has 1 aliphatic rings. The highest BCUT2D eigenvalue weighted by Gasteiger charge is 2.24. The van der Waals surface area contributed by atoms with Crippen LogP contribution in [-0.2, 0) is 4.74 Å². The monoisotopic (exact) mass is 214 g/mol. The quantitative estimate of drug-likeness (QED) is 0.732. The van der Waals surface area contributed by atoms with Crippen LogP contribution in [0.5, 0.6) is 0 Å². The molecule has 4 heteroatoms. The summed E-state index contributed by atoms with van der Waals surface area (Å²) < 4.78 is 5.20. The highest BCUT2D eigenvalue weighted by atomic mass is 16.6. The van der Waals surface area contributed by atoms with Gasteiger partial charge >= 0.3 is 6.09 Å². The maximum atomic E-state index is 11.5. The number of amides is 1. The summed E-state index contributed by atoms with van der Waals surface area (Å²) in [5.41, 5.74) is -0.419. The summed E-state index contributed by atoms with van der Waals surface area (Å²) in [6.07, 6.45) is 0.804. The SMILES string of the molecule is CC(NC(=O)OC(C)(C)C)[C@H]1CCNC1. The predicted octanol–water partition coefficient (Wildman–Crippen LogP) is 1.51. The Balaban J connectivity index is 2.30. The van der Waals surface area contributed by atoms with E-state index in [0.717, 1.165) is 19.5 Å². The zero-order valence-electron chi connectivity index (χ0n) is 10.1. The van der Waals surface area contributed by atoms with E-state index in [1.54, 1.807) is 0 Å². The second kappa shape index (κ2) is 4.84. The van der Waals surface area contributed by atoms with Gasteiger partial charge in [-0.05, 0) is 53.1 Å². The van der Waals surface area contributed by atoms with Crippen LogP contribution in [0.15, 0.2) is 0 Å². The van der Waals surface area contributed by atoms with Crippen molar-refractivity contribution in [2.75, 3.05) is 13.1 Å². The van der Waals surface area contributed by atoms with E-state index in [0.29, 0.717) is 5.92 Å². The van der Waals surface area contributed by atoms with Gasteiger partial charge in [0.25, 0.3) is 0 Å². The lowest BCUT2D eigenvalue weighted by atomic mass is 10.0. The summed E-state index contributed by atoms with van der Waals surface area (Å²) in [5, 5.41) is 6.16. The summed E-state index contributed by atoms with van der Waals surface area (Å²) in [7, 11) is 0. The predicted molar refractivity (Wildman–Crippen MR) is 59.8 cm³/mol. The smallest absolute Gasteiger partial charge is 0.407 e. The lowest BCUT2D eigenvalue weighted by Gasteiger charge is -2.24. The third-order valence-electron chi connectivity index (χ3n) is 2.55. The van der Waals surface area contributed by atoms with Gasteiger partial charge < -0.3 is 15.4 Å². The third-order valence-corrected chi connectivity index (χ3v) is 2.55. The number of rotatable bonds is 2. The van der Waals surface area contributed by atoms with E-state index >= 15 is 0 Å². The van der Waals surface area contributed by atoms with E-state index in [1.165, 1.54) is 0 Å². The highest BCUT2D eigenvalue weighted by molar-refractivity contribution is 5.68. The van der Waals surface area contributed by atoms with E-state index in [4.69, 9.17) is 4.74 Å². The van der Waals surface area contributed by atoms with Gasteiger partial charge in [-0.2, -0.15) is 0 Å². The Morgan fingerprint density at radius 3 is 2.67 bits per heavy atom. The molecule has 88 valence electrons. The molecule has 1 saturated heterocycles. The molecule has 0 aliphatic carbocycles. The maximum Gasteiger partial charge on any atom is 0.407 e. The van der Waals surface area contributed by atoms with Crippen molar-refractivity contribution in [3.05, 3.63) is 0 Å². The number of hydrogen-bond acceptors (Lipinski definition) is 3. The summed E-state index contributed by atoms with van der Waals surface area (Å²) in [4.78, 5) is 11.5. The van der Waals surface area contributed by atoms with Crippen LogP contribution in [0, 0.1) is 5.92 Å². The molecular weight excluding hydrogens is 192 g/mol. The first-order chi connectivity index (χ1) is 6.88. The lowest BCUT2D eigenvalue weighted by molar-refractivity contribution is 0.0494. The summed E-state index contributed by atoms with van der Waals surface area (Å²) in [6, 6.07) is 0.176. The zero-order valence-corrected chi connectivity index (χ0v) is 10.1. The Bertz CT molecular complexity index is 217. The number of carbonyl (C=O) groups excluding carboxylic acids is 1. The molecule has 0 radical (unpaired) electrons. The van der Waals surface area contributed by atoms with Crippen molar-refractivity contribution in [2.24, 2.45) is 5.92 Å². The molecule has 0 aromatic rings. The van der Waals surface area contributed by atoms with Crippen molar-refractivity contribution >= 4 is 6.09 Å². The maximum absolute atomic E-state index is 11.5. The fourth-order valence-corrected chi connectivity index (χ4v) is 1.72. The van der Waals surface area contributed by atoms with Gasteiger partial charge in [-0.15, -0.1) is 0 Å². The topological polar surface area (TPSA) is 50.4 Å². The van der Waals surface area contributed by atoms with Crippen LogP contribution in [0.25, 0.3) is 0 Å². The fourth-order valence-electron chi connectivity index (χ4n) is 1.72. The average molecular weight is 214 g/mol. The van der Waals surface area contributed by atoms with Crippen LogP contribution in [-0.4, -0.2) is 30.8 Å². The van der Waals surface area contributed by atoms with Gasteiger partial charge in [0, 0.05) is 6.04 Å². The van der Waals surface area contributed by atoms with Crippen LogP contribution in [0.1, 0.15) is 34.1 Å². The molecular formula is C11H22N2O2. The Morgan fingerprint density at radius 1 is 1.53 bits per heavy atom. The van der Waals surface area contributed by atoms with Gasteiger partial charge in [0.05, 0.1) is 0 Å². The van der Waals surface area contributed by atoms with Crippen molar-refractivity contribution in [2.45, 2.75) is 45.8 Å². The van der Waals surface area contributed by atoms with Crippen LogP contribution in [0.2, 0.25) is 0 Å². The molecule has 2 N–H and O–H groups in total. The number of alkyl carbamates (subject to hydrolysis) is 1. The van der Waals surface area contributed by atoms with Crippen molar-refractivity contribution in [3.63, 3.8) is 0 Å². The number of ether oxygens (including phenoxy) is 1. The minimum atomic E-state index is -0.419. The van der Waals surface area contributed by atoms with Crippen LogP contribution < -0.4 is 10.6 Å². The Labute approximate surface area is 91.8 Å². The normalized spacial score (nSPS) is 23.6. The lowest BCUT2D eigenvalue weighted by Crippen LogP contribution is -2.41. The summed E-state index contributed by atoms with van der Waals surface area (Å²) >= 11 is 0. The minimum absolute atomic E-state index is 0.176. The molecule has 1 unspecified atom stereocenters. The van der Waals surface area contributed by atoms with E-state index in [9.17, 15) is 4.79 Å². The van der Waals surface area contributed by atoms with Crippen LogP contribution >= 0.6 is 0 Å². The first kappa shape index (κ1) is 12.3. The van der Waals surface area contributed by atoms with E-state index < -0.39 is 5.60 Å². The molecule has 15 heavy (non-hydrogen) atoms. The standard InChI is InChI=1S/C11H22N2O2/c1-8(9-5-6-12-7-9)13-10(14)15-11(2,3)4/h8-9,12H,5-7H2,1-4H3,(H,13,14)/t8?,9-/m0/s1. The van der Waals surface area contributed by atoms with Gasteiger partial charge in [0.2, 0.25) is 0 Å². The van der Waals surface area contributed by atoms with Crippen molar-refractivity contribution in [1.82, 2.24) is 10.6 Å². The second-order valence-electron chi connectivity index (χ2n) is 5.19. The molecule has 0 aromatic carbocycles. The van der Waals surface area contributed by atoms with Gasteiger partial charge in [0.15, 0.2) is 0 Å². The Morgan fingerprint density at radius 2 is 2.20 bits per heavy atom. The second-order valence-corrected chi connectivity index (χ2v) is 5.19. The molecule has 0 aromatic heterocycles. The van der Waals surface area contributed by atoms with Crippen molar-refractivity contribution in [1.29, 1.82) is 0 Å². The van der Waals surface area contributed by atoms with Crippen molar-refractivity contribution in [3.8, 4) is 0 Å². The Kier molecular flexibility index (Phi) is 3.97. The summed E-state index contributed by atoms with van der Waals surface area (Å²) in [5.74, 6) is 0.525. The fraction of sp³-hybridized carbons (Fsp3) is 0.909. The largest absolute Gasteiger partial charge is 0.444 e. The molecule has 1 fully saturated rings. The van der Waals surface area contributed by atoms with Gasteiger partial charge in [-0.25, -0.2) is 4.79 Å². The van der Waals surface area contributed by atoms with E-state index in [1.807, 2.05) is 27.7 Å². The molecule has 1 heterocycles. The molecule has 0 saturated carbocycles. The van der Waals surface area contributed by atoms with Gasteiger partial charge in [-0.3, -0.25) is 0 Å². The van der Waals surface area contributed by atoms with E-state index in [-0.39, 0.29) is 12.1 Å². The minimum Gasteiger partial charge on any atom is -0.444 e. The first-order valence-electron chi connectivity index (χ1n) is 5.59. The molecule has 2 atom stereocenters. The van der Waals surface area contributed by atoms with Gasteiger partial charge in [0.1, 0.15) is 5.60 Å². The van der Waals surface area contributed by atoms with Crippen LogP contribution in [0.4, 0.5) is 4.79 Å². The molecule has 4 nitrogen and oxygen atoms in total.